The van der Waals surface area contributed by atoms with Gasteiger partial charge in [-0.25, -0.2) is 8.42 Å². The average Bonchev–Trinajstić information content (AvgIpc) is 3.43. The van der Waals surface area contributed by atoms with E-state index in [1.54, 1.807) is 17.0 Å². The van der Waals surface area contributed by atoms with Crippen molar-refractivity contribution in [2.24, 2.45) is 0 Å². The Morgan fingerprint density at radius 1 is 1.13 bits per heavy atom. The zero-order valence-corrected chi connectivity index (χ0v) is 16.9. The molecule has 3 heterocycles. The van der Waals surface area contributed by atoms with Crippen molar-refractivity contribution in [2.45, 2.75) is 11.8 Å². The molecule has 0 bridgehead atoms. The van der Waals surface area contributed by atoms with Crippen molar-refractivity contribution in [2.75, 3.05) is 31.1 Å². The summed E-state index contributed by atoms with van der Waals surface area (Å²) in [5.41, 5.74) is 0.581. The zero-order valence-electron chi connectivity index (χ0n) is 16.1. The van der Waals surface area contributed by atoms with Gasteiger partial charge in [-0.3, -0.25) is 4.79 Å². The second kappa shape index (κ2) is 7.78. The van der Waals surface area contributed by atoms with E-state index in [9.17, 15) is 18.5 Å². The molecule has 2 aromatic heterocycles. The first-order valence-corrected chi connectivity index (χ1v) is 10.6. The lowest BCUT2D eigenvalue weighted by Gasteiger charge is -2.33. The molecule has 1 aromatic carbocycles. The molecule has 0 spiro atoms. The Hall–Kier alpha value is -3.42. The predicted molar refractivity (Wildman–Crippen MR) is 106 cm³/mol. The summed E-state index contributed by atoms with van der Waals surface area (Å²) in [4.78, 5) is 17.5. The molecule has 0 aliphatic carbocycles. The Morgan fingerprint density at radius 3 is 2.40 bits per heavy atom. The Kier molecular flexibility index (Phi) is 5.15. The maximum atomic E-state index is 12.9. The van der Waals surface area contributed by atoms with E-state index < -0.39 is 10.0 Å². The third-order valence-electron chi connectivity index (χ3n) is 4.87. The van der Waals surface area contributed by atoms with Gasteiger partial charge in [0.05, 0.1) is 11.2 Å². The number of hydrogen-bond acceptors (Lipinski definition) is 8. The second-order valence-corrected chi connectivity index (χ2v) is 8.67. The summed E-state index contributed by atoms with van der Waals surface area (Å²) in [6.45, 7) is 2.55. The SMILES string of the molecule is CC(=O)c1ccc(S(=O)(=O)N2CCN(c3oc(-c4ccco4)nc3C#N)CC2)cc1. The van der Waals surface area contributed by atoms with Gasteiger partial charge < -0.3 is 13.7 Å². The lowest BCUT2D eigenvalue weighted by atomic mass is 10.2. The largest absolute Gasteiger partial charge is 0.459 e. The molecule has 1 aliphatic rings. The monoisotopic (exact) mass is 426 g/mol. The van der Waals surface area contributed by atoms with Gasteiger partial charge in [-0.05, 0) is 31.2 Å². The van der Waals surface area contributed by atoms with Crippen molar-refractivity contribution in [1.29, 1.82) is 5.26 Å². The number of furan rings is 1. The molecular weight excluding hydrogens is 408 g/mol. The summed E-state index contributed by atoms with van der Waals surface area (Å²) in [7, 11) is -3.69. The van der Waals surface area contributed by atoms with Gasteiger partial charge in [0.2, 0.25) is 21.6 Å². The number of carbonyl (C=O) groups excluding carboxylic acids is 1. The number of oxazole rings is 1. The molecule has 9 nitrogen and oxygen atoms in total. The highest BCUT2D eigenvalue weighted by atomic mass is 32.2. The number of nitriles is 1. The van der Waals surface area contributed by atoms with Crippen LogP contribution in [0.2, 0.25) is 0 Å². The highest BCUT2D eigenvalue weighted by Gasteiger charge is 2.31. The van der Waals surface area contributed by atoms with Gasteiger partial charge in [0.15, 0.2) is 11.5 Å². The first-order chi connectivity index (χ1) is 14.4. The number of benzene rings is 1. The van der Waals surface area contributed by atoms with Crippen LogP contribution < -0.4 is 4.90 Å². The Morgan fingerprint density at radius 2 is 1.83 bits per heavy atom. The molecule has 30 heavy (non-hydrogen) atoms. The van der Waals surface area contributed by atoms with E-state index in [0.29, 0.717) is 30.3 Å². The number of Topliss-reactive ketones (excluding diaryl/α,β-unsaturated/α-hetero) is 1. The number of carbonyl (C=O) groups is 1. The molecule has 3 aromatic rings. The number of rotatable bonds is 5. The van der Waals surface area contributed by atoms with Crippen LogP contribution in [0.3, 0.4) is 0 Å². The van der Waals surface area contributed by atoms with E-state index in [-0.39, 0.29) is 35.4 Å². The molecule has 0 unspecified atom stereocenters. The standard InChI is InChI=1S/C20H18N4O5S/c1-14(25)15-4-6-16(7-5-15)30(26,27)24-10-8-23(9-11-24)20-17(13-21)22-19(29-20)18-3-2-12-28-18/h2-7,12H,8-11H2,1H3. The van der Waals surface area contributed by atoms with E-state index in [2.05, 4.69) is 4.98 Å². The Bertz CT molecular complexity index is 1200. The van der Waals surface area contributed by atoms with Crippen molar-refractivity contribution >= 4 is 21.7 Å². The number of sulfonamides is 1. The Labute approximate surface area is 173 Å². The summed E-state index contributed by atoms with van der Waals surface area (Å²) in [6.07, 6.45) is 1.48. The van der Waals surface area contributed by atoms with Gasteiger partial charge in [-0.15, -0.1) is 0 Å². The van der Waals surface area contributed by atoms with Crippen LogP contribution in [0.15, 0.2) is 56.4 Å². The molecule has 1 aliphatic heterocycles. The van der Waals surface area contributed by atoms with Crippen LogP contribution in [0.25, 0.3) is 11.7 Å². The van der Waals surface area contributed by atoms with Gasteiger partial charge in [-0.2, -0.15) is 14.6 Å². The minimum absolute atomic E-state index is 0.123. The highest BCUT2D eigenvalue weighted by molar-refractivity contribution is 7.89. The number of aromatic nitrogens is 1. The Balaban J connectivity index is 1.50. The van der Waals surface area contributed by atoms with Gasteiger partial charge in [0, 0.05) is 31.7 Å². The van der Waals surface area contributed by atoms with E-state index in [1.165, 1.54) is 41.8 Å². The lowest BCUT2D eigenvalue weighted by Crippen LogP contribution is -2.48. The summed E-state index contributed by atoms with van der Waals surface area (Å²) < 4.78 is 38.2. The molecule has 154 valence electrons. The minimum atomic E-state index is -3.69. The number of ketones is 1. The van der Waals surface area contributed by atoms with E-state index in [0.717, 1.165) is 0 Å². The second-order valence-electron chi connectivity index (χ2n) is 6.73. The van der Waals surface area contributed by atoms with Crippen molar-refractivity contribution in [1.82, 2.24) is 9.29 Å². The summed E-state index contributed by atoms with van der Waals surface area (Å²) in [5.74, 6) is 0.786. The summed E-state index contributed by atoms with van der Waals surface area (Å²) in [6, 6.07) is 11.3. The third-order valence-corrected chi connectivity index (χ3v) is 6.78. The molecule has 0 amide bonds. The first-order valence-electron chi connectivity index (χ1n) is 9.21. The van der Waals surface area contributed by atoms with E-state index in [1.807, 2.05) is 6.07 Å². The number of nitrogens with zero attached hydrogens (tertiary/aromatic N) is 4. The molecule has 10 heteroatoms. The van der Waals surface area contributed by atoms with Crippen LogP contribution in [0.4, 0.5) is 5.88 Å². The summed E-state index contributed by atoms with van der Waals surface area (Å²) >= 11 is 0. The fraction of sp³-hybridized carbons (Fsp3) is 0.250. The summed E-state index contributed by atoms with van der Waals surface area (Å²) in [5, 5.41) is 9.39. The van der Waals surface area contributed by atoms with Crippen molar-refractivity contribution in [3.8, 4) is 17.7 Å². The maximum absolute atomic E-state index is 12.9. The van der Waals surface area contributed by atoms with Crippen LogP contribution in [0, 0.1) is 11.3 Å². The van der Waals surface area contributed by atoms with Gasteiger partial charge in [0.25, 0.3) is 5.89 Å². The number of piperazine rings is 1. The first kappa shape index (κ1) is 19.9. The molecule has 4 rings (SSSR count). The van der Waals surface area contributed by atoms with Gasteiger partial charge >= 0.3 is 0 Å². The fourth-order valence-corrected chi connectivity index (χ4v) is 4.67. The molecule has 0 N–H and O–H groups in total. The molecule has 1 fully saturated rings. The maximum Gasteiger partial charge on any atom is 0.266 e. The molecule has 0 saturated carbocycles. The highest BCUT2D eigenvalue weighted by Crippen LogP contribution is 2.29. The van der Waals surface area contributed by atoms with Crippen molar-refractivity contribution in [3.63, 3.8) is 0 Å². The smallest absolute Gasteiger partial charge is 0.266 e. The van der Waals surface area contributed by atoms with Crippen molar-refractivity contribution < 1.29 is 22.0 Å². The van der Waals surface area contributed by atoms with Crippen LogP contribution >= 0.6 is 0 Å². The van der Waals surface area contributed by atoms with E-state index in [4.69, 9.17) is 8.83 Å². The molecule has 0 atom stereocenters. The minimum Gasteiger partial charge on any atom is -0.459 e. The number of hydrogen-bond donors (Lipinski definition) is 0. The van der Waals surface area contributed by atoms with Gasteiger partial charge in [0.1, 0.15) is 6.07 Å². The predicted octanol–water partition coefficient (Wildman–Crippen LogP) is 2.52. The third kappa shape index (κ3) is 3.60. The normalized spacial score (nSPS) is 15.1. The zero-order chi connectivity index (χ0) is 21.3. The van der Waals surface area contributed by atoms with Crippen LogP contribution in [-0.4, -0.2) is 49.7 Å². The van der Waals surface area contributed by atoms with Crippen LogP contribution in [-0.2, 0) is 10.0 Å². The topological polar surface area (TPSA) is 121 Å². The van der Waals surface area contributed by atoms with E-state index >= 15 is 0 Å². The molecule has 0 radical (unpaired) electrons. The fourth-order valence-electron chi connectivity index (χ4n) is 3.25. The van der Waals surface area contributed by atoms with Crippen LogP contribution in [0.1, 0.15) is 23.0 Å². The number of anilines is 1. The lowest BCUT2D eigenvalue weighted by molar-refractivity contribution is 0.101. The average molecular weight is 426 g/mol. The van der Waals surface area contributed by atoms with Gasteiger partial charge in [-0.1, -0.05) is 12.1 Å². The van der Waals surface area contributed by atoms with Crippen molar-refractivity contribution in [3.05, 3.63) is 53.9 Å². The van der Waals surface area contributed by atoms with Crippen LogP contribution in [0.5, 0.6) is 0 Å². The molecular formula is C20H18N4O5S. The quantitative estimate of drug-likeness (QED) is 0.571. The molecule has 1 saturated heterocycles.